The average Bonchev–Trinajstić information content (AvgIpc) is 2.58. The van der Waals surface area contributed by atoms with Crippen LogP contribution >= 0.6 is 27.5 Å². The van der Waals surface area contributed by atoms with Gasteiger partial charge in [-0.25, -0.2) is 0 Å². The zero-order valence-electron chi connectivity index (χ0n) is 14.2. The molecule has 0 amide bonds. The molecule has 0 bridgehead atoms. The lowest BCUT2D eigenvalue weighted by Crippen LogP contribution is -2.38. The minimum atomic E-state index is -0.795. The standard InChI is InChI=1S/C20H16BrClO5/c21-11-4-5-14(17(8-11)26-12-6-10(7-12)20(24)25)18-9-16(23)13-2-1-3-15(22)19(13)27-18/h1-5,8,10,12,18H,6-7,9H2,(H,24,25). The van der Waals surface area contributed by atoms with Gasteiger partial charge in [-0.05, 0) is 37.1 Å². The van der Waals surface area contributed by atoms with Crippen molar-refractivity contribution in [1.82, 2.24) is 0 Å². The highest BCUT2D eigenvalue weighted by Crippen LogP contribution is 2.43. The predicted molar refractivity (Wildman–Crippen MR) is 103 cm³/mol. The maximum absolute atomic E-state index is 12.6. The Labute approximate surface area is 169 Å². The Kier molecular flexibility index (Phi) is 4.86. The second-order valence-corrected chi connectivity index (χ2v) is 8.10. The molecule has 2 aliphatic rings. The van der Waals surface area contributed by atoms with Gasteiger partial charge in [-0.2, -0.15) is 0 Å². The van der Waals surface area contributed by atoms with Gasteiger partial charge < -0.3 is 14.6 Å². The number of hydrogen-bond acceptors (Lipinski definition) is 4. The molecule has 1 aliphatic carbocycles. The van der Waals surface area contributed by atoms with E-state index in [2.05, 4.69) is 15.9 Å². The van der Waals surface area contributed by atoms with Crippen molar-refractivity contribution in [2.24, 2.45) is 5.92 Å². The van der Waals surface area contributed by atoms with Crippen LogP contribution in [-0.2, 0) is 4.79 Å². The van der Waals surface area contributed by atoms with Crippen molar-refractivity contribution in [3.8, 4) is 11.5 Å². The molecule has 1 atom stereocenters. The number of hydrogen-bond donors (Lipinski definition) is 1. The smallest absolute Gasteiger partial charge is 0.306 e. The Morgan fingerprint density at radius 1 is 1.26 bits per heavy atom. The molecule has 27 heavy (non-hydrogen) atoms. The highest BCUT2D eigenvalue weighted by atomic mass is 79.9. The maximum Gasteiger partial charge on any atom is 0.306 e. The number of benzene rings is 2. The topological polar surface area (TPSA) is 72.8 Å². The molecule has 2 aromatic rings. The summed E-state index contributed by atoms with van der Waals surface area (Å²) in [5, 5.41) is 9.43. The van der Waals surface area contributed by atoms with Crippen LogP contribution in [0.2, 0.25) is 5.02 Å². The number of carbonyl (C=O) groups excluding carboxylic acids is 1. The lowest BCUT2D eigenvalue weighted by molar-refractivity contribution is -0.148. The van der Waals surface area contributed by atoms with Gasteiger partial charge >= 0.3 is 5.97 Å². The van der Waals surface area contributed by atoms with Gasteiger partial charge in [-0.1, -0.05) is 39.7 Å². The predicted octanol–water partition coefficient (Wildman–Crippen LogP) is 5.05. The second-order valence-electron chi connectivity index (χ2n) is 6.78. The van der Waals surface area contributed by atoms with E-state index in [0.717, 1.165) is 10.0 Å². The molecular formula is C20H16BrClO5. The molecule has 1 N–H and O–H groups in total. The fourth-order valence-corrected chi connectivity index (χ4v) is 3.96. The summed E-state index contributed by atoms with van der Waals surface area (Å²) < 4.78 is 12.9. The first kappa shape index (κ1) is 18.3. The van der Waals surface area contributed by atoms with Gasteiger partial charge in [-0.15, -0.1) is 0 Å². The number of ketones is 1. The number of carbonyl (C=O) groups is 2. The first-order chi connectivity index (χ1) is 12.9. The molecule has 0 spiro atoms. The van der Waals surface area contributed by atoms with Crippen LogP contribution in [0.5, 0.6) is 11.5 Å². The van der Waals surface area contributed by atoms with E-state index in [1.165, 1.54) is 0 Å². The van der Waals surface area contributed by atoms with Crippen molar-refractivity contribution < 1.29 is 24.2 Å². The van der Waals surface area contributed by atoms with Gasteiger partial charge in [0, 0.05) is 10.0 Å². The molecule has 0 radical (unpaired) electrons. The summed E-state index contributed by atoms with van der Waals surface area (Å²) in [7, 11) is 0. The highest BCUT2D eigenvalue weighted by Gasteiger charge is 2.37. The number of ether oxygens (including phenoxy) is 2. The molecule has 1 unspecified atom stereocenters. The molecule has 2 aromatic carbocycles. The van der Waals surface area contributed by atoms with E-state index in [9.17, 15) is 9.59 Å². The Morgan fingerprint density at radius 3 is 2.78 bits per heavy atom. The monoisotopic (exact) mass is 450 g/mol. The molecule has 1 heterocycles. The van der Waals surface area contributed by atoms with Crippen molar-refractivity contribution in [1.29, 1.82) is 0 Å². The van der Waals surface area contributed by atoms with Gasteiger partial charge in [0.25, 0.3) is 0 Å². The van der Waals surface area contributed by atoms with Crippen molar-refractivity contribution in [3.05, 3.63) is 57.0 Å². The van der Waals surface area contributed by atoms with Crippen LogP contribution in [0.25, 0.3) is 0 Å². The van der Waals surface area contributed by atoms with Crippen LogP contribution in [0.15, 0.2) is 40.9 Å². The largest absolute Gasteiger partial charge is 0.490 e. The third-order valence-corrected chi connectivity index (χ3v) is 5.75. The number of aliphatic carboxylic acids is 1. The summed E-state index contributed by atoms with van der Waals surface area (Å²) in [5.41, 5.74) is 1.23. The third kappa shape index (κ3) is 3.56. The van der Waals surface area contributed by atoms with Crippen molar-refractivity contribution in [2.75, 3.05) is 0 Å². The summed E-state index contributed by atoms with van der Waals surface area (Å²) >= 11 is 9.65. The van der Waals surface area contributed by atoms with Crippen LogP contribution in [0, 0.1) is 5.92 Å². The molecule has 1 aliphatic heterocycles. The molecule has 4 rings (SSSR count). The number of carboxylic acids is 1. The van der Waals surface area contributed by atoms with E-state index in [4.69, 9.17) is 26.2 Å². The summed E-state index contributed by atoms with van der Waals surface area (Å²) in [6, 6.07) is 10.7. The quantitative estimate of drug-likeness (QED) is 0.704. The van der Waals surface area contributed by atoms with E-state index >= 15 is 0 Å². The fourth-order valence-electron chi connectivity index (χ4n) is 3.40. The normalized spacial score (nSPS) is 23.8. The first-order valence-electron chi connectivity index (χ1n) is 8.59. The number of para-hydroxylation sites is 1. The minimum absolute atomic E-state index is 0.0350. The molecule has 0 aromatic heterocycles. The van der Waals surface area contributed by atoms with Gasteiger partial charge in [0.2, 0.25) is 0 Å². The van der Waals surface area contributed by atoms with Gasteiger partial charge in [0.05, 0.1) is 22.9 Å². The van der Waals surface area contributed by atoms with E-state index < -0.39 is 12.1 Å². The molecule has 140 valence electrons. The number of carboxylic acid groups (broad SMARTS) is 1. The molecule has 1 saturated carbocycles. The number of rotatable bonds is 4. The summed E-state index contributed by atoms with van der Waals surface area (Å²) in [6.07, 6.45) is 0.465. The van der Waals surface area contributed by atoms with E-state index in [1.54, 1.807) is 18.2 Å². The molecular weight excluding hydrogens is 436 g/mol. The van der Waals surface area contributed by atoms with Crippen molar-refractivity contribution in [2.45, 2.75) is 31.5 Å². The SMILES string of the molecule is O=C1CC(c2ccc(Br)cc2OC2CC(C(=O)O)C2)Oc2c(Cl)cccc21. The van der Waals surface area contributed by atoms with E-state index in [-0.39, 0.29) is 24.2 Å². The van der Waals surface area contributed by atoms with Crippen molar-refractivity contribution >= 4 is 39.3 Å². The summed E-state index contributed by atoms with van der Waals surface area (Å²) in [6.45, 7) is 0. The summed E-state index contributed by atoms with van der Waals surface area (Å²) in [5.74, 6) is -0.205. The summed E-state index contributed by atoms with van der Waals surface area (Å²) in [4.78, 5) is 23.6. The number of Topliss-reactive ketones (excluding diaryl/α,β-unsaturated/α-hetero) is 1. The lowest BCUT2D eigenvalue weighted by atomic mass is 9.82. The van der Waals surface area contributed by atoms with Gasteiger partial charge in [-0.3, -0.25) is 9.59 Å². The highest BCUT2D eigenvalue weighted by molar-refractivity contribution is 9.10. The van der Waals surface area contributed by atoms with Crippen LogP contribution < -0.4 is 9.47 Å². The molecule has 5 nitrogen and oxygen atoms in total. The van der Waals surface area contributed by atoms with E-state index in [0.29, 0.717) is 34.9 Å². The Hall–Kier alpha value is -2.05. The zero-order chi connectivity index (χ0) is 19.1. The second kappa shape index (κ2) is 7.17. The Bertz CT molecular complexity index is 923. The average molecular weight is 452 g/mol. The third-order valence-electron chi connectivity index (χ3n) is 4.96. The lowest BCUT2D eigenvalue weighted by Gasteiger charge is -2.34. The minimum Gasteiger partial charge on any atom is -0.490 e. The van der Waals surface area contributed by atoms with Crippen LogP contribution in [-0.4, -0.2) is 23.0 Å². The number of fused-ring (bicyclic) bond motifs is 1. The van der Waals surface area contributed by atoms with Crippen LogP contribution in [0.4, 0.5) is 0 Å². The van der Waals surface area contributed by atoms with Gasteiger partial charge in [0.15, 0.2) is 5.78 Å². The van der Waals surface area contributed by atoms with Crippen LogP contribution in [0.1, 0.15) is 41.3 Å². The van der Waals surface area contributed by atoms with Crippen molar-refractivity contribution in [3.63, 3.8) is 0 Å². The fraction of sp³-hybridized carbons (Fsp3) is 0.300. The Morgan fingerprint density at radius 2 is 2.04 bits per heavy atom. The maximum atomic E-state index is 12.6. The molecule has 0 saturated heterocycles. The van der Waals surface area contributed by atoms with Crippen LogP contribution in [0.3, 0.4) is 0 Å². The van der Waals surface area contributed by atoms with E-state index in [1.807, 2.05) is 18.2 Å². The molecule has 1 fully saturated rings. The van der Waals surface area contributed by atoms with Gasteiger partial charge in [0.1, 0.15) is 23.7 Å². The first-order valence-corrected chi connectivity index (χ1v) is 9.76. The number of halogens is 2. The zero-order valence-corrected chi connectivity index (χ0v) is 16.5. The molecule has 7 heteroatoms. The Balaban J connectivity index is 1.60.